The highest BCUT2D eigenvalue weighted by Crippen LogP contribution is 2.38. The van der Waals surface area contributed by atoms with Crippen molar-refractivity contribution < 1.29 is 37.3 Å². The molecule has 0 aromatic heterocycles. The van der Waals surface area contributed by atoms with E-state index in [4.69, 9.17) is 13.8 Å². The normalized spacial score (nSPS) is 14.0. The van der Waals surface area contributed by atoms with E-state index in [0.29, 0.717) is 17.4 Å². The fourth-order valence-corrected chi connectivity index (χ4v) is 4.05. The molecule has 0 aliphatic heterocycles. The fourth-order valence-electron chi connectivity index (χ4n) is 3.31. The Bertz CT molecular complexity index is 848. The number of ether oxygens (including phenoxy) is 1. The van der Waals surface area contributed by atoms with Crippen LogP contribution >= 0.6 is 7.82 Å². The first-order chi connectivity index (χ1) is 19.6. The molecule has 0 fully saturated rings. The quantitative estimate of drug-likeness (QED) is 0.0441. The van der Waals surface area contributed by atoms with Crippen LogP contribution in [0.2, 0.25) is 0 Å². The first-order valence-electron chi connectivity index (χ1n) is 15.0. The van der Waals surface area contributed by atoms with Crippen molar-refractivity contribution in [3.63, 3.8) is 0 Å². The zero-order valence-corrected chi connectivity index (χ0v) is 26.8. The van der Waals surface area contributed by atoms with Crippen molar-refractivity contribution in [2.24, 2.45) is 0 Å². The van der Waals surface area contributed by atoms with E-state index in [1.165, 1.54) is 25.7 Å². The molecule has 0 spiro atoms. The zero-order valence-electron chi connectivity index (χ0n) is 25.9. The Labute approximate surface area is 248 Å². The number of esters is 1. The van der Waals surface area contributed by atoms with Crippen LogP contribution in [0.4, 0.5) is 0 Å². The van der Waals surface area contributed by atoms with Crippen molar-refractivity contribution >= 4 is 19.7 Å². The van der Waals surface area contributed by atoms with Crippen LogP contribution < -0.4 is 10.2 Å². The lowest BCUT2D eigenvalue weighted by Crippen LogP contribution is -2.37. The number of rotatable bonds is 26. The standard InChI is InChI=1S/C31H55N2O7P/c1-5-6-7-8-9-10-11-12-13-14-15-16-17-18-19-20-21-23-30(34)32-25-28-38-31(35)24-22-27-39-41(36,37)40-29-26-33(2,3)4/h9-10,12-13,15-16,18-19H,5-8,11,14,17,20-29H2,1-4H3,(H-,32,34,36,37)/b10-9-,13-12-,16-15-,19-18-. The van der Waals surface area contributed by atoms with Crippen molar-refractivity contribution in [2.75, 3.05) is 54.1 Å². The van der Waals surface area contributed by atoms with Crippen LogP contribution in [0.1, 0.15) is 84.0 Å². The minimum absolute atomic E-state index is 0.0158. The molecular weight excluding hydrogens is 543 g/mol. The number of quaternary nitrogens is 1. The van der Waals surface area contributed by atoms with Crippen LogP contribution in [-0.2, 0) is 27.9 Å². The molecule has 9 nitrogen and oxygen atoms in total. The van der Waals surface area contributed by atoms with Crippen molar-refractivity contribution in [3.05, 3.63) is 48.6 Å². The highest BCUT2D eigenvalue weighted by atomic mass is 31.2. The molecular formula is C31H55N2O7P. The van der Waals surface area contributed by atoms with Gasteiger partial charge in [0.15, 0.2) is 0 Å². The second-order valence-corrected chi connectivity index (χ2v) is 12.2. The summed E-state index contributed by atoms with van der Waals surface area (Å²) in [4.78, 5) is 35.3. The first kappa shape index (κ1) is 39.0. The first-order valence-corrected chi connectivity index (χ1v) is 16.4. The number of phosphoric acid groups is 1. The molecule has 0 rings (SSSR count). The summed E-state index contributed by atoms with van der Waals surface area (Å²) in [6.45, 7) is 2.92. The maximum atomic E-state index is 11.9. The van der Waals surface area contributed by atoms with Crippen LogP contribution in [0.25, 0.3) is 0 Å². The lowest BCUT2D eigenvalue weighted by Gasteiger charge is -2.27. The maximum Gasteiger partial charge on any atom is 0.305 e. The van der Waals surface area contributed by atoms with E-state index in [1.54, 1.807) is 0 Å². The van der Waals surface area contributed by atoms with Gasteiger partial charge in [0, 0.05) is 12.8 Å². The van der Waals surface area contributed by atoms with Gasteiger partial charge in [0.05, 0.1) is 34.3 Å². The van der Waals surface area contributed by atoms with E-state index in [0.717, 1.165) is 32.1 Å². The van der Waals surface area contributed by atoms with Gasteiger partial charge in [0.2, 0.25) is 5.91 Å². The van der Waals surface area contributed by atoms with Gasteiger partial charge in [0.1, 0.15) is 19.8 Å². The van der Waals surface area contributed by atoms with Crippen molar-refractivity contribution in [2.45, 2.75) is 84.0 Å². The van der Waals surface area contributed by atoms with E-state index >= 15 is 0 Å². The SMILES string of the molecule is CCCCC/C=C\C/C=C\C/C=C\C/C=C\CCCC(=O)NCCOC(=O)CCCOP(=O)([O-])OCC[N+](C)(C)C. The molecule has 0 bridgehead atoms. The second-order valence-electron chi connectivity index (χ2n) is 10.8. The van der Waals surface area contributed by atoms with E-state index in [1.807, 2.05) is 21.1 Å². The smallest absolute Gasteiger partial charge is 0.305 e. The van der Waals surface area contributed by atoms with Gasteiger partial charge in [0.25, 0.3) is 7.82 Å². The average Bonchev–Trinajstić information content (AvgIpc) is 2.90. The molecule has 0 saturated carbocycles. The Hall–Kier alpha value is -2.03. The average molecular weight is 599 g/mol. The summed E-state index contributed by atoms with van der Waals surface area (Å²) >= 11 is 0. The second kappa shape index (κ2) is 25.7. The number of carbonyl (C=O) groups excluding carboxylic acids is 2. The molecule has 1 N–H and O–H groups in total. The molecule has 1 amide bonds. The van der Waals surface area contributed by atoms with E-state index in [2.05, 4.69) is 60.8 Å². The van der Waals surface area contributed by atoms with E-state index in [9.17, 15) is 19.0 Å². The zero-order chi connectivity index (χ0) is 30.7. The number of hydrogen-bond donors (Lipinski definition) is 1. The van der Waals surface area contributed by atoms with Gasteiger partial charge in [-0.1, -0.05) is 68.4 Å². The minimum atomic E-state index is -4.38. The van der Waals surface area contributed by atoms with Crippen molar-refractivity contribution in [3.8, 4) is 0 Å². The molecule has 0 aromatic carbocycles. The third-order valence-corrected chi connectivity index (χ3v) is 6.70. The maximum absolute atomic E-state index is 11.9. The molecule has 0 aromatic rings. The van der Waals surface area contributed by atoms with Crippen molar-refractivity contribution in [1.82, 2.24) is 5.32 Å². The summed E-state index contributed by atoms with van der Waals surface area (Å²) in [5.41, 5.74) is 0. The lowest BCUT2D eigenvalue weighted by atomic mass is 10.2. The number of phosphoric ester groups is 1. The third-order valence-electron chi connectivity index (χ3n) is 5.71. The fraction of sp³-hybridized carbons (Fsp3) is 0.677. The summed E-state index contributed by atoms with van der Waals surface area (Å²) in [5.74, 6) is -0.558. The minimum Gasteiger partial charge on any atom is -0.756 e. The molecule has 41 heavy (non-hydrogen) atoms. The van der Waals surface area contributed by atoms with Crippen LogP contribution in [-0.4, -0.2) is 70.4 Å². The molecule has 0 saturated heterocycles. The van der Waals surface area contributed by atoms with E-state index in [-0.39, 0.29) is 45.1 Å². The Morgan fingerprint density at radius 2 is 1.32 bits per heavy atom. The number of hydrogen-bond acceptors (Lipinski definition) is 7. The number of allylic oxidation sites excluding steroid dienone is 8. The number of unbranched alkanes of at least 4 members (excludes halogenated alkanes) is 4. The summed E-state index contributed by atoms with van der Waals surface area (Å²) < 4.78 is 26.9. The summed E-state index contributed by atoms with van der Waals surface area (Å²) in [6.07, 6.45) is 27.5. The van der Waals surface area contributed by atoms with Crippen molar-refractivity contribution in [1.29, 1.82) is 0 Å². The Morgan fingerprint density at radius 3 is 1.90 bits per heavy atom. The van der Waals surface area contributed by atoms with Crippen LogP contribution in [0.5, 0.6) is 0 Å². The van der Waals surface area contributed by atoms with Gasteiger partial charge in [-0.15, -0.1) is 0 Å². The third kappa shape index (κ3) is 30.8. The Kier molecular flexibility index (Phi) is 24.4. The van der Waals surface area contributed by atoms with Gasteiger partial charge in [-0.3, -0.25) is 14.2 Å². The van der Waals surface area contributed by atoms with Gasteiger partial charge in [-0.2, -0.15) is 0 Å². The largest absolute Gasteiger partial charge is 0.756 e. The molecule has 0 radical (unpaired) electrons. The molecule has 0 aliphatic rings. The summed E-state index contributed by atoms with van der Waals surface area (Å²) in [5, 5.41) is 2.73. The van der Waals surface area contributed by atoms with E-state index < -0.39 is 13.8 Å². The Morgan fingerprint density at radius 1 is 0.756 bits per heavy atom. The summed E-state index contributed by atoms with van der Waals surface area (Å²) in [7, 11) is 1.39. The summed E-state index contributed by atoms with van der Waals surface area (Å²) in [6, 6.07) is 0. The Balaban J connectivity index is 3.66. The number of nitrogens with one attached hydrogen (secondary N) is 1. The lowest BCUT2D eigenvalue weighted by molar-refractivity contribution is -0.870. The monoisotopic (exact) mass is 598 g/mol. The van der Waals surface area contributed by atoms with Crippen LogP contribution in [0.15, 0.2) is 48.6 Å². The molecule has 1 atom stereocenters. The highest BCUT2D eigenvalue weighted by Gasteiger charge is 2.13. The molecule has 1 unspecified atom stereocenters. The number of likely N-dealkylation sites (N-methyl/N-ethyl adjacent to an activating group) is 1. The predicted octanol–water partition coefficient (Wildman–Crippen LogP) is 5.78. The van der Waals surface area contributed by atoms with Gasteiger partial charge in [-0.05, 0) is 51.4 Å². The molecule has 0 aliphatic carbocycles. The predicted molar refractivity (Wildman–Crippen MR) is 164 cm³/mol. The van der Waals surface area contributed by atoms with Crippen LogP contribution in [0.3, 0.4) is 0 Å². The van der Waals surface area contributed by atoms with Gasteiger partial charge < -0.3 is 28.5 Å². The topological polar surface area (TPSA) is 114 Å². The number of carbonyl (C=O) groups is 2. The molecule has 0 heterocycles. The van der Waals surface area contributed by atoms with Gasteiger partial charge >= 0.3 is 5.97 Å². The van der Waals surface area contributed by atoms with Crippen LogP contribution in [0, 0.1) is 0 Å². The number of nitrogens with zero attached hydrogens (tertiary/aromatic N) is 1. The molecule has 10 heteroatoms. The number of amides is 1. The molecule has 236 valence electrons. The highest BCUT2D eigenvalue weighted by molar-refractivity contribution is 7.45. The van der Waals surface area contributed by atoms with Gasteiger partial charge in [-0.25, -0.2) is 0 Å².